The van der Waals surface area contributed by atoms with Crippen LogP contribution in [0, 0.1) is 6.92 Å². The van der Waals surface area contributed by atoms with Gasteiger partial charge in [-0.2, -0.15) is 0 Å². The van der Waals surface area contributed by atoms with Gasteiger partial charge in [0.2, 0.25) is 0 Å². The van der Waals surface area contributed by atoms with Crippen LogP contribution in [-0.4, -0.2) is 36.6 Å². The van der Waals surface area contributed by atoms with Crippen molar-refractivity contribution in [3.8, 4) is 11.5 Å². The lowest BCUT2D eigenvalue weighted by atomic mass is 10.1. The van der Waals surface area contributed by atoms with Crippen molar-refractivity contribution in [3.63, 3.8) is 0 Å². The van der Waals surface area contributed by atoms with E-state index in [0.29, 0.717) is 22.2 Å². The van der Waals surface area contributed by atoms with Crippen LogP contribution in [0.25, 0.3) is 10.2 Å². The first-order chi connectivity index (χ1) is 16.9. The fourth-order valence-corrected chi connectivity index (χ4v) is 4.60. The maximum atomic E-state index is 13.9. The molecule has 4 aromatic rings. The Hall–Kier alpha value is -3.91. The average molecular weight is 490 g/mol. The predicted octanol–water partition coefficient (Wildman–Crippen LogP) is 5.50. The molecule has 1 aromatic heterocycles. The normalized spacial score (nSPS) is 10.9. The van der Waals surface area contributed by atoms with Gasteiger partial charge in [0.05, 0.1) is 23.0 Å². The molecule has 7 nitrogen and oxygen atoms in total. The molecular weight excluding hydrogens is 462 g/mol. The van der Waals surface area contributed by atoms with Crippen molar-refractivity contribution in [2.24, 2.45) is 0 Å². The molecule has 3 aromatic carbocycles. The quantitative estimate of drug-likeness (QED) is 0.354. The summed E-state index contributed by atoms with van der Waals surface area (Å²) in [6.45, 7) is 5.57. The van der Waals surface area contributed by atoms with Gasteiger partial charge in [0.1, 0.15) is 0 Å². The Balaban J connectivity index is 1.69. The minimum atomic E-state index is -0.249. The Bertz CT molecular complexity index is 1330. The number of nitrogens with one attached hydrogen (secondary N) is 1. The number of benzene rings is 3. The highest BCUT2D eigenvalue weighted by molar-refractivity contribution is 7.22. The van der Waals surface area contributed by atoms with Crippen LogP contribution in [0.1, 0.15) is 29.8 Å². The number of carbonyl (C=O) groups is 2. The molecule has 180 valence electrons. The Labute approximate surface area is 208 Å². The zero-order chi connectivity index (χ0) is 24.9. The zero-order valence-electron chi connectivity index (χ0n) is 20.1. The van der Waals surface area contributed by atoms with Gasteiger partial charge >= 0.3 is 0 Å². The summed E-state index contributed by atoms with van der Waals surface area (Å²) in [5.41, 5.74) is 2.94. The van der Waals surface area contributed by atoms with Crippen molar-refractivity contribution < 1.29 is 19.1 Å². The third kappa shape index (κ3) is 5.44. The molecular formula is C27H27N3O4S. The Morgan fingerprint density at radius 3 is 2.49 bits per heavy atom. The molecule has 0 spiro atoms. The summed E-state index contributed by atoms with van der Waals surface area (Å²) in [6, 6.07) is 20.4. The molecule has 0 unspecified atom stereocenters. The van der Waals surface area contributed by atoms with Gasteiger partial charge in [0, 0.05) is 11.6 Å². The number of rotatable bonds is 8. The summed E-state index contributed by atoms with van der Waals surface area (Å²) in [5.74, 6) is 0.261. The van der Waals surface area contributed by atoms with Gasteiger partial charge in [-0.25, -0.2) is 4.98 Å². The molecule has 0 radical (unpaired) electrons. The molecule has 8 heteroatoms. The Kier molecular flexibility index (Phi) is 7.31. The molecule has 0 saturated carbocycles. The number of para-hydroxylation sites is 2. The van der Waals surface area contributed by atoms with Gasteiger partial charge in [-0.15, -0.1) is 0 Å². The smallest absolute Gasteiger partial charge is 0.264 e. The molecule has 1 N–H and O–H groups in total. The van der Waals surface area contributed by atoms with Crippen LogP contribution in [0.15, 0.2) is 66.7 Å². The maximum absolute atomic E-state index is 13.9. The van der Waals surface area contributed by atoms with Crippen LogP contribution in [-0.2, 0) is 4.79 Å². The fraction of sp³-hybridized carbons (Fsp3) is 0.222. The minimum absolute atomic E-state index is 0.0166. The molecule has 0 saturated heterocycles. The highest BCUT2D eigenvalue weighted by Gasteiger charge is 2.25. The standard InChI is InChI=1S/C27H27N3O4S/c1-17(2)28-25(31)16-34-22-14-13-19(15-23(22)33-4)26(32)30(21-11-7-5-9-18(21)3)27-29-20-10-6-8-12-24(20)35-27/h5-15,17H,16H2,1-4H3,(H,28,31). The molecule has 35 heavy (non-hydrogen) atoms. The van der Waals surface area contributed by atoms with Crippen LogP contribution in [0.4, 0.5) is 10.8 Å². The number of carbonyl (C=O) groups excluding carboxylic acids is 2. The van der Waals surface area contributed by atoms with E-state index in [1.54, 1.807) is 23.1 Å². The van der Waals surface area contributed by atoms with E-state index in [4.69, 9.17) is 14.5 Å². The number of methoxy groups -OCH3 is 1. The van der Waals surface area contributed by atoms with E-state index < -0.39 is 0 Å². The maximum Gasteiger partial charge on any atom is 0.264 e. The second-order valence-electron chi connectivity index (χ2n) is 8.27. The van der Waals surface area contributed by atoms with Gasteiger partial charge < -0.3 is 14.8 Å². The monoisotopic (exact) mass is 489 g/mol. The lowest BCUT2D eigenvalue weighted by molar-refractivity contribution is -0.123. The van der Waals surface area contributed by atoms with Crippen molar-refractivity contribution in [1.29, 1.82) is 0 Å². The van der Waals surface area contributed by atoms with E-state index in [2.05, 4.69) is 5.32 Å². The van der Waals surface area contributed by atoms with Gasteiger partial charge in [-0.1, -0.05) is 41.7 Å². The van der Waals surface area contributed by atoms with Crippen molar-refractivity contribution >= 4 is 44.2 Å². The lowest BCUT2D eigenvalue weighted by Gasteiger charge is -2.22. The Morgan fingerprint density at radius 2 is 1.77 bits per heavy atom. The zero-order valence-corrected chi connectivity index (χ0v) is 20.9. The number of aryl methyl sites for hydroxylation is 1. The largest absolute Gasteiger partial charge is 0.493 e. The number of anilines is 2. The van der Waals surface area contributed by atoms with Crippen molar-refractivity contribution in [2.75, 3.05) is 18.6 Å². The van der Waals surface area contributed by atoms with E-state index in [9.17, 15) is 9.59 Å². The third-order valence-electron chi connectivity index (χ3n) is 5.25. The summed E-state index contributed by atoms with van der Waals surface area (Å²) >= 11 is 1.45. The summed E-state index contributed by atoms with van der Waals surface area (Å²) in [4.78, 5) is 32.2. The molecule has 4 rings (SSSR count). The van der Waals surface area contributed by atoms with Crippen LogP contribution >= 0.6 is 11.3 Å². The minimum Gasteiger partial charge on any atom is -0.493 e. The average Bonchev–Trinajstić information content (AvgIpc) is 3.27. The summed E-state index contributed by atoms with van der Waals surface area (Å²) in [7, 11) is 1.50. The highest BCUT2D eigenvalue weighted by Crippen LogP contribution is 2.37. The number of hydrogen-bond acceptors (Lipinski definition) is 6. The SMILES string of the molecule is COc1cc(C(=O)N(c2nc3ccccc3s2)c2ccccc2C)ccc1OCC(=O)NC(C)C. The fourth-order valence-electron chi connectivity index (χ4n) is 3.63. The van der Waals surface area contributed by atoms with Crippen LogP contribution in [0.5, 0.6) is 11.5 Å². The number of ether oxygens (including phenoxy) is 2. The van der Waals surface area contributed by atoms with E-state index in [1.807, 2.05) is 69.3 Å². The van der Waals surface area contributed by atoms with Crippen LogP contribution in [0.2, 0.25) is 0 Å². The molecule has 0 aliphatic heterocycles. The molecule has 2 amide bonds. The molecule has 1 heterocycles. The number of fused-ring (bicyclic) bond motifs is 1. The van der Waals surface area contributed by atoms with Gasteiger partial charge in [0.15, 0.2) is 23.2 Å². The number of nitrogens with zero attached hydrogens (tertiary/aromatic N) is 2. The lowest BCUT2D eigenvalue weighted by Crippen LogP contribution is -2.34. The van der Waals surface area contributed by atoms with Crippen LogP contribution in [0.3, 0.4) is 0 Å². The molecule has 0 bridgehead atoms. The number of aromatic nitrogens is 1. The van der Waals surface area contributed by atoms with Gasteiger partial charge in [-0.3, -0.25) is 14.5 Å². The second-order valence-corrected chi connectivity index (χ2v) is 9.28. The molecule has 0 atom stereocenters. The summed E-state index contributed by atoms with van der Waals surface area (Å²) in [6.07, 6.45) is 0. The molecule has 0 aliphatic rings. The number of amides is 2. The van der Waals surface area contributed by atoms with Crippen molar-refractivity contribution in [3.05, 3.63) is 77.9 Å². The topological polar surface area (TPSA) is 80.8 Å². The Morgan fingerprint density at radius 1 is 1.03 bits per heavy atom. The predicted molar refractivity (Wildman–Crippen MR) is 139 cm³/mol. The first kappa shape index (κ1) is 24.2. The molecule has 0 fully saturated rings. The van der Waals surface area contributed by atoms with Crippen molar-refractivity contribution in [2.45, 2.75) is 26.8 Å². The van der Waals surface area contributed by atoms with E-state index >= 15 is 0 Å². The highest BCUT2D eigenvalue weighted by atomic mass is 32.1. The summed E-state index contributed by atoms with van der Waals surface area (Å²) in [5, 5.41) is 3.36. The third-order valence-corrected chi connectivity index (χ3v) is 6.27. The molecule has 0 aliphatic carbocycles. The second kappa shape index (κ2) is 10.6. The van der Waals surface area contributed by atoms with E-state index in [0.717, 1.165) is 21.5 Å². The summed E-state index contributed by atoms with van der Waals surface area (Å²) < 4.78 is 12.1. The van der Waals surface area contributed by atoms with Crippen molar-refractivity contribution in [1.82, 2.24) is 10.3 Å². The first-order valence-corrected chi connectivity index (χ1v) is 12.0. The first-order valence-electron chi connectivity index (χ1n) is 11.2. The van der Waals surface area contributed by atoms with Gasteiger partial charge in [0.25, 0.3) is 11.8 Å². The van der Waals surface area contributed by atoms with Crippen LogP contribution < -0.4 is 19.7 Å². The van der Waals surface area contributed by atoms with E-state index in [1.165, 1.54) is 18.4 Å². The van der Waals surface area contributed by atoms with E-state index in [-0.39, 0.29) is 24.5 Å². The number of hydrogen-bond donors (Lipinski definition) is 1. The van der Waals surface area contributed by atoms with Gasteiger partial charge in [-0.05, 0) is 62.7 Å². The number of thiazole rings is 1.